The zero-order valence-electron chi connectivity index (χ0n) is 20.6. The first-order chi connectivity index (χ1) is 18.0. The maximum absolute atomic E-state index is 13.4. The third kappa shape index (κ3) is 4.73. The molecule has 5 rings (SSSR count). The first-order valence-corrected chi connectivity index (χ1v) is 12.8. The number of amides is 3. The van der Waals surface area contributed by atoms with Crippen LogP contribution in [0.15, 0.2) is 48.5 Å². The lowest BCUT2D eigenvalue weighted by Gasteiger charge is -2.22. The van der Waals surface area contributed by atoms with Gasteiger partial charge in [-0.25, -0.2) is 0 Å². The Hall–Kier alpha value is -3.53. The predicted molar refractivity (Wildman–Crippen MR) is 136 cm³/mol. The van der Waals surface area contributed by atoms with Gasteiger partial charge in [-0.3, -0.25) is 14.4 Å². The van der Waals surface area contributed by atoms with Crippen molar-refractivity contribution in [3.63, 3.8) is 0 Å². The minimum atomic E-state index is -5.06. The Balaban J connectivity index is 1.39. The number of halogens is 4. The Morgan fingerprint density at radius 2 is 1.63 bits per heavy atom. The Labute approximate surface area is 221 Å². The number of aromatic nitrogens is 1. The van der Waals surface area contributed by atoms with E-state index < -0.39 is 29.6 Å². The van der Waals surface area contributed by atoms with Crippen molar-refractivity contribution in [1.82, 2.24) is 20.1 Å². The molecule has 0 bridgehead atoms. The summed E-state index contributed by atoms with van der Waals surface area (Å²) in [5.41, 5.74) is 1.04. The first kappa shape index (κ1) is 26.1. The molecule has 1 aliphatic heterocycles. The summed E-state index contributed by atoms with van der Waals surface area (Å²) in [5.74, 6) is -2.92. The van der Waals surface area contributed by atoms with Crippen molar-refractivity contribution in [2.75, 3.05) is 13.1 Å². The molecule has 2 aromatic carbocycles. The molecule has 38 heavy (non-hydrogen) atoms. The van der Waals surface area contributed by atoms with E-state index in [0.29, 0.717) is 35.1 Å². The van der Waals surface area contributed by atoms with E-state index in [1.165, 1.54) is 0 Å². The number of nitrogens with one attached hydrogen (secondary N) is 2. The minimum absolute atomic E-state index is 0.135. The van der Waals surface area contributed by atoms with Crippen molar-refractivity contribution in [3.8, 4) is 5.69 Å². The smallest absolute Gasteiger partial charge is 0.348 e. The lowest BCUT2D eigenvalue weighted by Crippen LogP contribution is -2.52. The van der Waals surface area contributed by atoms with Crippen molar-refractivity contribution in [2.24, 2.45) is 0 Å². The van der Waals surface area contributed by atoms with Crippen LogP contribution in [0.25, 0.3) is 16.6 Å². The van der Waals surface area contributed by atoms with Gasteiger partial charge in [0.05, 0.1) is 16.6 Å². The topological polar surface area (TPSA) is 83.4 Å². The second-order valence-corrected chi connectivity index (χ2v) is 10.2. The average Bonchev–Trinajstić information content (AvgIpc) is 3.34. The number of rotatable bonds is 6. The number of likely N-dealkylation sites (tertiary alicyclic amines) is 1. The van der Waals surface area contributed by atoms with Crippen LogP contribution in [0.3, 0.4) is 0 Å². The second kappa shape index (κ2) is 9.65. The van der Waals surface area contributed by atoms with Crippen molar-refractivity contribution < 1.29 is 27.6 Å². The predicted octanol–water partition coefficient (Wildman–Crippen LogP) is 4.91. The van der Waals surface area contributed by atoms with E-state index >= 15 is 0 Å². The number of hydrogen-bond acceptors (Lipinski definition) is 3. The summed E-state index contributed by atoms with van der Waals surface area (Å²) in [6.07, 6.45) is -2.88. The Morgan fingerprint density at radius 3 is 2.24 bits per heavy atom. The second-order valence-electron chi connectivity index (χ2n) is 9.84. The normalized spacial score (nSPS) is 17.3. The summed E-state index contributed by atoms with van der Waals surface area (Å²) < 4.78 is 39.8. The van der Waals surface area contributed by atoms with E-state index in [1.807, 2.05) is 34.1 Å². The van der Waals surface area contributed by atoms with Crippen LogP contribution >= 0.6 is 11.6 Å². The van der Waals surface area contributed by atoms with Crippen LogP contribution in [0.4, 0.5) is 13.2 Å². The van der Waals surface area contributed by atoms with Crippen LogP contribution < -0.4 is 10.6 Å². The van der Waals surface area contributed by atoms with E-state index in [0.717, 1.165) is 23.7 Å². The van der Waals surface area contributed by atoms with Crippen molar-refractivity contribution in [1.29, 1.82) is 0 Å². The lowest BCUT2D eigenvalue weighted by atomic mass is 10.1. The number of carbonyl (C=O) groups excluding carboxylic acids is 3. The lowest BCUT2D eigenvalue weighted by molar-refractivity contribution is -0.175. The van der Waals surface area contributed by atoms with Gasteiger partial charge in [-0.1, -0.05) is 41.9 Å². The van der Waals surface area contributed by atoms with Crippen molar-refractivity contribution in [3.05, 3.63) is 64.8 Å². The molecule has 2 heterocycles. The first-order valence-electron chi connectivity index (χ1n) is 12.4. The molecule has 2 fully saturated rings. The number of carbonyl (C=O) groups is 3. The van der Waals surface area contributed by atoms with E-state index in [1.54, 1.807) is 36.1 Å². The van der Waals surface area contributed by atoms with E-state index in [2.05, 4.69) is 5.32 Å². The number of alkyl halides is 3. The number of hydrogen-bond donors (Lipinski definition) is 2. The highest BCUT2D eigenvalue weighted by atomic mass is 35.5. The van der Waals surface area contributed by atoms with Crippen LogP contribution in [0, 0.1) is 0 Å². The molecule has 1 saturated heterocycles. The zero-order chi connectivity index (χ0) is 27.2. The van der Waals surface area contributed by atoms with Gasteiger partial charge in [-0.05, 0) is 56.4 Å². The van der Waals surface area contributed by atoms with E-state index in [9.17, 15) is 27.6 Å². The number of benzene rings is 2. The highest BCUT2D eigenvalue weighted by molar-refractivity contribution is 6.39. The average molecular weight is 547 g/mol. The third-order valence-corrected chi connectivity index (χ3v) is 7.59. The Kier molecular flexibility index (Phi) is 6.63. The van der Waals surface area contributed by atoms with Crippen LogP contribution in [-0.2, 0) is 9.59 Å². The molecule has 2 N–H and O–H groups in total. The number of nitrogens with zero attached hydrogens (tertiary/aromatic N) is 2. The van der Waals surface area contributed by atoms with Crippen molar-refractivity contribution >= 4 is 40.2 Å². The highest BCUT2D eigenvalue weighted by Gasteiger charge is 2.55. The van der Waals surface area contributed by atoms with Crippen LogP contribution in [0.2, 0.25) is 5.02 Å². The standard InChI is InChI=1S/C27H26ClF3N4O3/c1-16(32-24(37)26(12-13-26)33-25(38)27(29,30)31)17-8-10-18(11-9-17)35-20-7-3-2-6-19(20)21(28)22(35)23(36)34-14-4-5-15-34/h2-3,6-11,16H,4-5,12-15H2,1H3,(H,32,37)(H,33,38). The summed E-state index contributed by atoms with van der Waals surface area (Å²) in [6.45, 7) is 3.06. The van der Waals surface area contributed by atoms with Gasteiger partial charge >= 0.3 is 12.1 Å². The summed E-state index contributed by atoms with van der Waals surface area (Å²) in [7, 11) is 0. The molecule has 7 nitrogen and oxygen atoms in total. The monoisotopic (exact) mass is 546 g/mol. The summed E-state index contributed by atoms with van der Waals surface area (Å²) in [6, 6.07) is 14.1. The molecule has 2 aliphatic rings. The minimum Gasteiger partial charge on any atom is -0.348 e. The molecule has 1 aliphatic carbocycles. The molecule has 3 amide bonds. The van der Waals surface area contributed by atoms with Gasteiger partial charge in [0.1, 0.15) is 11.2 Å². The number of para-hydroxylation sites is 1. The summed E-state index contributed by atoms with van der Waals surface area (Å²) in [5, 5.41) is 5.68. The van der Waals surface area contributed by atoms with Gasteiger partial charge in [0.2, 0.25) is 5.91 Å². The van der Waals surface area contributed by atoms with Crippen LogP contribution in [0.5, 0.6) is 0 Å². The molecule has 0 radical (unpaired) electrons. The maximum Gasteiger partial charge on any atom is 0.471 e. The fourth-order valence-corrected chi connectivity index (χ4v) is 5.21. The Morgan fingerprint density at radius 1 is 1.00 bits per heavy atom. The zero-order valence-corrected chi connectivity index (χ0v) is 21.3. The third-order valence-electron chi connectivity index (χ3n) is 7.20. The fourth-order valence-electron chi connectivity index (χ4n) is 4.88. The highest BCUT2D eigenvalue weighted by Crippen LogP contribution is 2.38. The molecule has 0 spiro atoms. The van der Waals surface area contributed by atoms with Gasteiger partial charge in [-0.15, -0.1) is 0 Å². The van der Waals surface area contributed by atoms with Gasteiger partial charge in [0.25, 0.3) is 5.91 Å². The van der Waals surface area contributed by atoms with E-state index in [4.69, 9.17) is 11.6 Å². The van der Waals surface area contributed by atoms with Gasteiger partial charge in [0, 0.05) is 24.2 Å². The molecule has 1 atom stereocenters. The van der Waals surface area contributed by atoms with Crippen LogP contribution in [0.1, 0.15) is 54.7 Å². The molecule has 1 saturated carbocycles. The molecule has 3 aromatic rings. The summed E-state index contributed by atoms with van der Waals surface area (Å²) >= 11 is 6.72. The quantitative estimate of drug-likeness (QED) is 0.461. The molecule has 1 unspecified atom stereocenters. The molecular weight excluding hydrogens is 521 g/mol. The molecule has 1 aromatic heterocycles. The molecule has 11 heteroatoms. The van der Waals surface area contributed by atoms with Gasteiger partial charge in [0.15, 0.2) is 0 Å². The van der Waals surface area contributed by atoms with Gasteiger partial charge in [-0.2, -0.15) is 13.2 Å². The fraction of sp³-hybridized carbons (Fsp3) is 0.370. The molecule has 200 valence electrons. The SMILES string of the molecule is CC(NC(=O)C1(NC(=O)C(F)(F)F)CC1)c1ccc(-n2c(C(=O)N3CCCC3)c(Cl)c3ccccc32)cc1. The van der Waals surface area contributed by atoms with Gasteiger partial charge < -0.3 is 20.1 Å². The van der Waals surface area contributed by atoms with Crippen LogP contribution in [-0.4, -0.2) is 52.0 Å². The van der Waals surface area contributed by atoms with Crippen molar-refractivity contribution in [2.45, 2.75) is 50.4 Å². The largest absolute Gasteiger partial charge is 0.471 e. The Bertz CT molecular complexity index is 1410. The summed E-state index contributed by atoms with van der Waals surface area (Å²) in [4.78, 5) is 39.3. The van der Waals surface area contributed by atoms with E-state index in [-0.39, 0.29) is 18.7 Å². The number of fused-ring (bicyclic) bond motifs is 1. The molecular formula is C27H26ClF3N4O3. The maximum atomic E-state index is 13.4.